The standard InChI is InChI=1S/C21H17F2N5O3S/c1-12-17(19(30)27-24-11-13-7-4-3-5-8-13)32-21(25-12)28(2)20(31)26-18(29)16-14(22)9-6-10-15(16)23/h3-11H,1-2H3,(H,27,30)(H,26,29,31)/b24-11+. The van der Waals surface area contributed by atoms with E-state index >= 15 is 0 Å². The molecule has 0 spiro atoms. The van der Waals surface area contributed by atoms with Crippen molar-refractivity contribution in [1.82, 2.24) is 15.7 Å². The van der Waals surface area contributed by atoms with Gasteiger partial charge in [-0.05, 0) is 24.6 Å². The number of nitrogens with one attached hydrogen (secondary N) is 2. The van der Waals surface area contributed by atoms with E-state index in [1.165, 1.54) is 13.3 Å². The molecule has 0 saturated carbocycles. The maximum absolute atomic E-state index is 13.7. The number of amides is 4. The molecular formula is C21H17F2N5O3S. The van der Waals surface area contributed by atoms with Crippen LogP contribution in [0.2, 0.25) is 0 Å². The van der Waals surface area contributed by atoms with Crippen LogP contribution in [-0.2, 0) is 0 Å². The molecule has 8 nitrogen and oxygen atoms in total. The first kappa shape index (κ1) is 22.7. The van der Waals surface area contributed by atoms with E-state index in [9.17, 15) is 23.2 Å². The smallest absolute Gasteiger partial charge is 0.273 e. The summed E-state index contributed by atoms with van der Waals surface area (Å²) in [6, 6.07) is 11.1. The monoisotopic (exact) mass is 457 g/mol. The SMILES string of the molecule is Cc1nc(N(C)C(=O)NC(=O)c2c(F)cccc2F)sc1C(=O)N/N=C/c1ccccc1. The molecule has 1 aromatic heterocycles. The molecule has 0 atom stereocenters. The van der Waals surface area contributed by atoms with Crippen LogP contribution in [0.1, 0.15) is 31.3 Å². The van der Waals surface area contributed by atoms with Gasteiger partial charge in [-0.3, -0.25) is 19.8 Å². The zero-order chi connectivity index (χ0) is 23.3. The van der Waals surface area contributed by atoms with Crippen LogP contribution in [0.3, 0.4) is 0 Å². The summed E-state index contributed by atoms with van der Waals surface area (Å²) in [5.41, 5.74) is 2.64. The van der Waals surface area contributed by atoms with Crippen molar-refractivity contribution in [3.05, 3.63) is 81.9 Å². The number of carbonyl (C=O) groups excluding carboxylic acids is 3. The number of aryl methyl sites for hydroxylation is 1. The van der Waals surface area contributed by atoms with Gasteiger partial charge in [-0.1, -0.05) is 47.7 Å². The molecule has 3 rings (SSSR count). The molecule has 2 N–H and O–H groups in total. The van der Waals surface area contributed by atoms with Gasteiger partial charge >= 0.3 is 6.03 Å². The number of rotatable bonds is 5. The molecule has 2 aromatic carbocycles. The highest BCUT2D eigenvalue weighted by molar-refractivity contribution is 7.17. The van der Waals surface area contributed by atoms with Gasteiger partial charge in [0.2, 0.25) is 0 Å². The third-order valence-electron chi connectivity index (χ3n) is 4.17. The van der Waals surface area contributed by atoms with Gasteiger partial charge in [-0.2, -0.15) is 5.10 Å². The Balaban J connectivity index is 1.67. The fourth-order valence-electron chi connectivity index (χ4n) is 2.54. The number of nitrogens with zero attached hydrogens (tertiary/aromatic N) is 3. The Labute approximate surface area is 185 Å². The van der Waals surface area contributed by atoms with Gasteiger partial charge in [-0.15, -0.1) is 0 Å². The van der Waals surface area contributed by atoms with Crippen molar-refractivity contribution >= 4 is 40.5 Å². The molecule has 0 radical (unpaired) electrons. The number of halogens is 2. The highest BCUT2D eigenvalue weighted by atomic mass is 32.1. The lowest BCUT2D eigenvalue weighted by Crippen LogP contribution is -2.41. The summed E-state index contributed by atoms with van der Waals surface area (Å²) in [6.07, 6.45) is 1.47. The molecule has 0 aliphatic rings. The van der Waals surface area contributed by atoms with E-state index in [2.05, 4.69) is 15.5 Å². The third-order valence-corrected chi connectivity index (χ3v) is 5.41. The maximum Gasteiger partial charge on any atom is 0.330 e. The number of hydrogen-bond donors (Lipinski definition) is 2. The van der Waals surface area contributed by atoms with Crippen molar-refractivity contribution in [2.75, 3.05) is 11.9 Å². The molecule has 164 valence electrons. The Bertz CT molecular complexity index is 1180. The van der Waals surface area contributed by atoms with Gasteiger partial charge in [-0.25, -0.2) is 24.0 Å². The van der Waals surface area contributed by atoms with E-state index < -0.39 is 35.0 Å². The van der Waals surface area contributed by atoms with Crippen LogP contribution < -0.4 is 15.6 Å². The largest absolute Gasteiger partial charge is 0.330 e. The van der Waals surface area contributed by atoms with E-state index in [4.69, 9.17) is 0 Å². The summed E-state index contributed by atoms with van der Waals surface area (Å²) in [5, 5.41) is 5.88. The number of hydrazone groups is 1. The fourth-order valence-corrected chi connectivity index (χ4v) is 3.45. The van der Waals surface area contributed by atoms with Crippen molar-refractivity contribution in [3.63, 3.8) is 0 Å². The molecule has 11 heteroatoms. The minimum Gasteiger partial charge on any atom is -0.273 e. The Hall–Kier alpha value is -3.99. The van der Waals surface area contributed by atoms with Gasteiger partial charge in [0.05, 0.1) is 11.9 Å². The van der Waals surface area contributed by atoms with Crippen LogP contribution in [0.25, 0.3) is 0 Å². The summed E-state index contributed by atoms with van der Waals surface area (Å²) < 4.78 is 27.5. The topological polar surface area (TPSA) is 104 Å². The molecule has 3 aromatic rings. The maximum atomic E-state index is 13.7. The molecule has 4 amide bonds. The average molecular weight is 457 g/mol. The summed E-state index contributed by atoms with van der Waals surface area (Å²) in [4.78, 5) is 42.2. The number of benzene rings is 2. The van der Waals surface area contributed by atoms with Crippen molar-refractivity contribution < 1.29 is 23.2 Å². The van der Waals surface area contributed by atoms with Crippen LogP contribution in [0.4, 0.5) is 18.7 Å². The molecule has 0 saturated heterocycles. The lowest BCUT2D eigenvalue weighted by molar-refractivity contribution is 0.0948. The van der Waals surface area contributed by atoms with Gasteiger partial charge in [0, 0.05) is 7.05 Å². The third kappa shape index (κ3) is 5.19. The molecule has 0 aliphatic heterocycles. The zero-order valence-electron chi connectivity index (χ0n) is 16.9. The number of thiazole rings is 1. The fraction of sp³-hybridized carbons (Fsp3) is 0.0952. The summed E-state index contributed by atoms with van der Waals surface area (Å²) in [6.45, 7) is 1.57. The quantitative estimate of drug-likeness (QED) is 0.452. The normalized spacial score (nSPS) is 10.8. The lowest BCUT2D eigenvalue weighted by atomic mass is 10.2. The van der Waals surface area contributed by atoms with Crippen molar-refractivity contribution in [2.45, 2.75) is 6.92 Å². The molecule has 0 aliphatic carbocycles. The summed E-state index contributed by atoms with van der Waals surface area (Å²) >= 11 is 0.888. The Morgan fingerprint density at radius 2 is 1.69 bits per heavy atom. The minimum absolute atomic E-state index is 0.0963. The lowest BCUT2D eigenvalue weighted by Gasteiger charge is -2.14. The van der Waals surface area contributed by atoms with E-state index in [-0.39, 0.29) is 10.0 Å². The Morgan fingerprint density at radius 3 is 2.34 bits per heavy atom. The van der Waals surface area contributed by atoms with Crippen LogP contribution in [-0.4, -0.2) is 36.1 Å². The average Bonchev–Trinajstić information content (AvgIpc) is 3.15. The second-order valence-corrected chi connectivity index (χ2v) is 7.41. The summed E-state index contributed by atoms with van der Waals surface area (Å²) in [7, 11) is 1.30. The highest BCUT2D eigenvalue weighted by Crippen LogP contribution is 2.25. The Morgan fingerprint density at radius 1 is 1.03 bits per heavy atom. The second kappa shape index (κ2) is 9.88. The second-order valence-electron chi connectivity index (χ2n) is 6.44. The minimum atomic E-state index is -1.24. The molecule has 32 heavy (non-hydrogen) atoms. The Kier molecular flexibility index (Phi) is 7.00. The predicted octanol–water partition coefficient (Wildman–Crippen LogP) is 3.48. The van der Waals surface area contributed by atoms with Crippen molar-refractivity contribution in [1.29, 1.82) is 0 Å². The number of imide groups is 1. The van der Waals surface area contributed by atoms with E-state index in [1.54, 1.807) is 6.92 Å². The molecule has 1 heterocycles. The van der Waals surface area contributed by atoms with Gasteiger partial charge in [0.1, 0.15) is 22.1 Å². The van der Waals surface area contributed by atoms with E-state index in [1.807, 2.05) is 35.6 Å². The number of anilines is 1. The molecule has 0 unspecified atom stereocenters. The first-order chi connectivity index (χ1) is 15.3. The van der Waals surface area contributed by atoms with Gasteiger partial charge < -0.3 is 0 Å². The predicted molar refractivity (Wildman–Crippen MR) is 116 cm³/mol. The number of urea groups is 1. The van der Waals surface area contributed by atoms with Crippen LogP contribution in [0.5, 0.6) is 0 Å². The van der Waals surface area contributed by atoms with Gasteiger partial charge in [0.25, 0.3) is 11.8 Å². The van der Waals surface area contributed by atoms with Crippen LogP contribution in [0, 0.1) is 18.6 Å². The molecule has 0 bridgehead atoms. The molecular weight excluding hydrogens is 440 g/mol. The van der Waals surface area contributed by atoms with Crippen LogP contribution >= 0.6 is 11.3 Å². The van der Waals surface area contributed by atoms with Gasteiger partial charge in [0.15, 0.2) is 5.13 Å². The van der Waals surface area contributed by atoms with E-state index in [0.29, 0.717) is 5.69 Å². The molecule has 0 fully saturated rings. The van der Waals surface area contributed by atoms with E-state index in [0.717, 1.165) is 40.0 Å². The zero-order valence-corrected chi connectivity index (χ0v) is 17.7. The highest BCUT2D eigenvalue weighted by Gasteiger charge is 2.24. The van der Waals surface area contributed by atoms with Crippen LogP contribution in [0.15, 0.2) is 53.6 Å². The first-order valence-electron chi connectivity index (χ1n) is 9.17. The number of aromatic nitrogens is 1. The van der Waals surface area contributed by atoms with Crippen molar-refractivity contribution in [3.8, 4) is 0 Å². The van der Waals surface area contributed by atoms with Crippen molar-refractivity contribution in [2.24, 2.45) is 5.10 Å². The first-order valence-corrected chi connectivity index (χ1v) is 9.98. The summed E-state index contributed by atoms with van der Waals surface area (Å²) in [5.74, 6) is -3.97. The number of carbonyl (C=O) groups is 3. The number of hydrogen-bond acceptors (Lipinski definition) is 6.